The molecule has 0 spiro atoms. The molecule has 0 rings (SSSR count). The average molecular weight is 160 g/mol. The largest absolute Gasteiger partial charge is 0.459 e. The van der Waals surface area contributed by atoms with Crippen LogP contribution in [0.25, 0.3) is 0 Å². The highest BCUT2D eigenvalue weighted by atomic mass is 16.5. The maximum atomic E-state index is 10.5. The number of carbonyl (C=O) groups is 2. The highest BCUT2D eigenvalue weighted by Gasteiger charge is 2.11. The van der Waals surface area contributed by atoms with E-state index >= 15 is 0 Å². The quantitative estimate of drug-likeness (QED) is 0.143. The second-order valence-electron chi connectivity index (χ2n) is 1.96. The molecule has 11 heavy (non-hydrogen) atoms. The second kappa shape index (κ2) is 5.67. The third-order valence-electron chi connectivity index (χ3n) is 1.05. The first-order valence-corrected chi connectivity index (χ1v) is 3.40. The lowest BCUT2D eigenvalue weighted by molar-refractivity contribution is -0.155. The van der Waals surface area contributed by atoms with Gasteiger partial charge in [0.15, 0.2) is 0 Å². The lowest BCUT2D eigenvalue weighted by Crippen LogP contribution is -2.37. The molecule has 0 saturated carbocycles. The van der Waals surface area contributed by atoms with Crippen molar-refractivity contribution in [3.05, 3.63) is 0 Å². The molecule has 0 heterocycles. The first kappa shape index (κ1) is 9.90. The lowest BCUT2D eigenvalue weighted by Gasteiger charge is -2.00. The summed E-state index contributed by atoms with van der Waals surface area (Å²) in [5.74, 6) is 2.83. The van der Waals surface area contributed by atoms with Crippen LogP contribution in [0, 0.1) is 0 Å². The fraction of sp³-hybridized carbons (Fsp3) is 0.667. The molecule has 0 aliphatic carbocycles. The summed E-state index contributed by atoms with van der Waals surface area (Å²) < 4.78 is 4.50. The second-order valence-corrected chi connectivity index (χ2v) is 1.96. The number of ether oxygens (including phenoxy) is 1. The Morgan fingerprint density at radius 2 is 2.18 bits per heavy atom. The first-order chi connectivity index (χ1) is 5.22. The zero-order chi connectivity index (χ0) is 8.69. The number of unbranched alkanes of at least 4 members (excludes halogenated alkanes) is 1. The highest BCUT2D eigenvalue weighted by molar-refractivity contribution is 6.32. The molecule has 5 heteroatoms. The SMILES string of the molecule is CCCCOC(=O)C(=O)NN. The minimum Gasteiger partial charge on any atom is -0.459 e. The van der Waals surface area contributed by atoms with Crippen LogP contribution in [0.3, 0.4) is 0 Å². The highest BCUT2D eigenvalue weighted by Crippen LogP contribution is 1.87. The normalized spacial score (nSPS) is 8.91. The van der Waals surface area contributed by atoms with Crippen LogP contribution in [0.4, 0.5) is 0 Å². The summed E-state index contributed by atoms with van der Waals surface area (Å²) in [7, 11) is 0. The van der Waals surface area contributed by atoms with Crippen molar-refractivity contribution >= 4 is 11.9 Å². The van der Waals surface area contributed by atoms with Crippen molar-refractivity contribution in [3.63, 3.8) is 0 Å². The zero-order valence-corrected chi connectivity index (χ0v) is 6.42. The van der Waals surface area contributed by atoms with E-state index in [1.807, 2.05) is 6.92 Å². The number of amides is 1. The fourth-order valence-electron chi connectivity index (χ4n) is 0.434. The molecule has 0 fully saturated rings. The predicted octanol–water partition coefficient (Wildman–Crippen LogP) is -0.680. The van der Waals surface area contributed by atoms with E-state index in [0.29, 0.717) is 0 Å². The molecule has 0 bridgehead atoms. The Hall–Kier alpha value is -1.10. The van der Waals surface area contributed by atoms with E-state index in [2.05, 4.69) is 10.6 Å². The maximum Gasteiger partial charge on any atom is 0.398 e. The van der Waals surface area contributed by atoms with E-state index in [1.165, 1.54) is 0 Å². The minimum absolute atomic E-state index is 0.267. The number of rotatable bonds is 3. The molecular formula is C6H12N2O3. The number of hydrogen-bond donors (Lipinski definition) is 2. The topological polar surface area (TPSA) is 81.4 Å². The van der Waals surface area contributed by atoms with Gasteiger partial charge in [0.05, 0.1) is 6.61 Å². The Labute approximate surface area is 64.9 Å². The molecule has 0 aromatic carbocycles. The van der Waals surface area contributed by atoms with E-state index in [4.69, 9.17) is 0 Å². The van der Waals surface area contributed by atoms with Crippen molar-refractivity contribution in [2.45, 2.75) is 19.8 Å². The Morgan fingerprint density at radius 3 is 2.64 bits per heavy atom. The van der Waals surface area contributed by atoms with Crippen LogP contribution in [-0.4, -0.2) is 18.5 Å². The molecule has 3 N–H and O–H groups in total. The summed E-state index contributed by atoms with van der Waals surface area (Å²) in [6, 6.07) is 0. The van der Waals surface area contributed by atoms with Gasteiger partial charge >= 0.3 is 11.9 Å². The van der Waals surface area contributed by atoms with Gasteiger partial charge in [0.1, 0.15) is 0 Å². The summed E-state index contributed by atoms with van der Waals surface area (Å²) >= 11 is 0. The third kappa shape index (κ3) is 4.32. The van der Waals surface area contributed by atoms with E-state index in [1.54, 1.807) is 5.43 Å². The number of hydrazine groups is 1. The molecule has 5 nitrogen and oxygen atoms in total. The molecular weight excluding hydrogens is 148 g/mol. The molecule has 0 aromatic heterocycles. The zero-order valence-electron chi connectivity index (χ0n) is 6.42. The number of carbonyl (C=O) groups excluding carboxylic acids is 2. The van der Waals surface area contributed by atoms with Crippen LogP contribution in [0.15, 0.2) is 0 Å². The number of nitrogens with two attached hydrogens (primary N) is 1. The molecule has 1 amide bonds. The summed E-state index contributed by atoms with van der Waals surface area (Å²) in [5, 5.41) is 0. The molecule has 0 saturated heterocycles. The summed E-state index contributed by atoms with van der Waals surface area (Å²) in [5.41, 5.74) is 1.68. The van der Waals surface area contributed by atoms with Gasteiger partial charge in [0.25, 0.3) is 0 Å². The van der Waals surface area contributed by atoms with Crippen LogP contribution >= 0.6 is 0 Å². The average Bonchev–Trinajstić information content (AvgIpc) is 2.03. The Kier molecular flexibility index (Phi) is 5.10. The van der Waals surface area contributed by atoms with Crippen molar-refractivity contribution in [2.75, 3.05) is 6.61 Å². The van der Waals surface area contributed by atoms with Crippen molar-refractivity contribution in [1.82, 2.24) is 5.43 Å². The predicted molar refractivity (Wildman–Crippen MR) is 38.2 cm³/mol. The van der Waals surface area contributed by atoms with Gasteiger partial charge in [0, 0.05) is 0 Å². The van der Waals surface area contributed by atoms with Crippen molar-refractivity contribution in [1.29, 1.82) is 0 Å². The molecule has 0 aliphatic rings. The third-order valence-corrected chi connectivity index (χ3v) is 1.05. The van der Waals surface area contributed by atoms with E-state index in [0.717, 1.165) is 12.8 Å². The Morgan fingerprint density at radius 1 is 1.55 bits per heavy atom. The lowest BCUT2D eigenvalue weighted by atomic mass is 10.4. The summed E-state index contributed by atoms with van der Waals surface area (Å²) in [4.78, 5) is 20.9. The van der Waals surface area contributed by atoms with Gasteiger partial charge in [0.2, 0.25) is 0 Å². The summed E-state index contributed by atoms with van der Waals surface area (Å²) in [6.07, 6.45) is 1.67. The number of nitrogens with one attached hydrogen (secondary N) is 1. The minimum atomic E-state index is -0.930. The van der Waals surface area contributed by atoms with E-state index in [9.17, 15) is 9.59 Å². The van der Waals surface area contributed by atoms with Gasteiger partial charge in [-0.25, -0.2) is 10.6 Å². The number of esters is 1. The van der Waals surface area contributed by atoms with Gasteiger partial charge in [-0.1, -0.05) is 13.3 Å². The van der Waals surface area contributed by atoms with Crippen molar-refractivity contribution < 1.29 is 14.3 Å². The van der Waals surface area contributed by atoms with Gasteiger partial charge in [-0.05, 0) is 6.42 Å². The Bertz CT molecular complexity index is 147. The van der Waals surface area contributed by atoms with Crippen LogP contribution in [-0.2, 0) is 14.3 Å². The van der Waals surface area contributed by atoms with E-state index in [-0.39, 0.29) is 6.61 Å². The van der Waals surface area contributed by atoms with Crippen molar-refractivity contribution in [2.24, 2.45) is 5.84 Å². The van der Waals surface area contributed by atoms with Gasteiger partial charge in [-0.15, -0.1) is 0 Å². The molecule has 0 aromatic rings. The monoisotopic (exact) mass is 160 g/mol. The van der Waals surface area contributed by atoms with Crippen LogP contribution < -0.4 is 11.3 Å². The maximum absolute atomic E-state index is 10.5. The van der Waals surface area contributed by atoms with Crippen LogP contribution in [0.2, 0.25) is 0 Å². The van der Waals surface area contributed by atoms with Crippen molar-refractivity contribution in [3.8, 4) is 0 Å². The standard InChI is InChI=1S/C6H12N2O3/c1-2-3-4-11-6(10)5(9)8-7/h2-4,7H2,1H3,(H,8,9). The van der Waals surface area contributed by atoms with Gasteiger partial charge in [-0.2, -0.15) is 0 Å². The smallest absolute Gasteiger partial charge is 0.398 e. The van der Waals surface area contributed by atoms with Crippen LogP contribution in [0.5, 0.6) is 0 Å². The van der Waals surface area contributed by atoms with Gasteiger partial charge < -0.3 is 4.74 Å². The number of hydrogen-bond acceptors (Lipinski definition) is 4. The molecule has 64 valence electrons. The van der Waals surface area contributed by atoms with Gasteiger partial charge in [-0.3, -0.25) is 10.2 Å². The molecule has 0 radical (unpaired) electrons. The molecule has 0 atom stereocenters. The summed E-state index contributed by atoms with van der Waals surface area (Å²) in [6.45, 7) is 2.22. The first-order valence-electron chi connectivity index (χ1n) is 3.40. The van der Waals surface area contributed by atoms with E-state index < -0.39 is 11.9 Å². The van der Waals surface area contributed by atoms with Crippen LogP contribution in [0.1, 0.15) is 19.8 Å². The Balaban J connectivity index is 3.44. The molecule has 0 aliphatic heterocycles. The molecule has 0 unspecified atom stereocenters. The fourth-order valence-corrected chi connectivity index (χ4v) is 0.434.